The lowest BCUT2D eigenvalue weighted by Gasteiger charge is -2.16. The van der Waals surface area contributed by atoms with E-state index in [2.05, 4.69) is 21.2 Å². The Labute approximate surface area is 119 Å². The molecule has 0 aliphatic rings. The summed E-state index contributed by atoms with van der Waals surface area (Å²) in [4.78, 5) is 0.366. The molecule has 1 unspecified atom stereocenters. The predicted octanol–water partition coefficient (Wildman–Crippen LogP) is 3.85. The molecule has 5 heteroatoms. The van der Waals surface area contributed by atoms with Crippen LogP contribution in [0.5, 0.6) is 0 Å². The van der Waals surface area contributed by atoms with Crippen LogP contribution in [-0.4, -0.2) is 4.99 Å². The minimum atomic E-state index is 0.0503. The third-order valence-corrected chi connectivity index (χ3v) is 3.30. The van der Waals surface area contributed by atoms with Gasteiger partial charge in [-0.3, -0.25) is 0 Å². The van der Waals surface area contributed by atoms with Crippen molar-refractivity contribution in [2.24, 2.45) is 5.73 Å². The quantitative estimate of drug-likeness (QED) is 0.839. The molecule has 0 saturated heterocycles. The molecule has 0 saturated carbocycles. The summed E-state index contributed by atoms with van der Waals surface area (Å²) in [5.74, 6) is 0.867. The standard InChI is InChI=1S/C13H13BrN2OS/c1-8(12-3-2-6-17-12)16-11-5-4-9(14)7-10(11)13(15)18/h2-8,16H,1H3,(H2,15,18). The Morgan fingerprint density at radius 1 is 1.44 bits per heavy atom. The van der Waals surface area contributed by atoms with Gasteiger partial charge in [-0.1, -0.05) is 28.1 Å². The summed E-state index contributed by atoms with van der Waals surface area (Å²) in [6.07, 6.45) is 1.66. The number of thiocarbonyl (C=S) groups is 1. The second kappa shape index (κ2) is 5.54. The molecular weight excluding hydrogens is 312 g/mol. The number of nitrogens with two attached hydrogens (primary N) is 1. The average molecular weight is 325 g/mol. The van der Waals surface area contributed by atoms with Gasteiger partial charge in [0.25, 0.3) is 0 Å². The van der Waals surface area contributed by atoms with E-state index < -0.39 is 0 Å². The highest BCUT2D eigenvalue weighted by Gasteiger charge is 2.12. The number of anilines is 1. The van der Waals surface area contributed by atoms with Gasteiger partial charge in [0.1, 0.15) is 10.7 Å². The molecule has 0 amide bonds. The fourth-order valence-corrected chi connectivity index (χ4v) is 2.22. The molecule has 2 aromatic rings. The fraction of sp³-hybridized carbons (Fsp3) is 0.154. The molecule has 0 aliphatic carbocycles. The molecule has 0 aliphatic heterocycles. The SMILES string of the molecule is CC(Nc1ccc(Br)cc1C(N)=S)c1ccco1. The first-order valence-electron chi connectivity index (χ1n) is 5.47. The normalized spacial score (nSPS) is 12.1. The van der Waals surface area contributed by atoms with Crippen LogP contribution in [0.2, 0.25) is 0 Å². The molecule has 94 valence electrons. The van der Waals surface area contributed by atoms with Crippen molar-refractivity contribution in [3.05, 3.63) is 52.4 Å². The molecule has 1 aromatic carbocycles. The average Bonchev–Trinajstić information content (AvgIpc) is 2.84. The van der Waals surface area contributed by atoms with E-state index in [0.717, 1.165) is 21.5 Å². The van der Waals surface area contributed by atoms with Crippen LogP contribution in [0.15, 0.2) is 45.5 Å². The first-order chi connectivity index (χ1) is 8.58. The van der Waals surface area contributed by atoms with Gasteiger partial charge in [0.2, 0.25) is 0 Å². The van der Waals surface area contributed by atoms with Gasteiger partial charge in [0.15, 0.2) is 0 Å². The maximum absolute atomic E-state index is 5.73. The summed E-state index contributed by atoms with van der Waals surface area (Å²) in [6.45, 7) is 2.02. The number of hydrogen-bond donors (Lipinski definition) is 2. The molecular formula is C13H13BrN2OS. The van der Waals surface area contributed by atoms with Gasteiger partial charge in [0.05, 0.1) is 12.3 Å². The van der Waals surface area contributed by atoms with Crippen molar-refractivity contribution in [2.75, 3.05) is 5.32 Å². The van der Waals surface area contributed by atoms with Crippen molar-refractivity contribution in [3.63, 3.8) is 0 Å². The van der Waals surface area contributed by atoms with E-state index >= 15 is 0 Å². The monoisotopic (exact) mass is 324 g/mol. The maximum atomic E-state index is 5.73. The van der Waals surface area contributed by atoms with Crippen molar-refractivity contribution in [3.8, 4) is 0 Å². The molecule has 0 fully saturated rings. The van der Waals surface area contributed by atoms with E-state index in [1.807, 2.05) is 37.3 Å². The Hall–Kier alpha value is -1.33. The number of benzene rings is 1. The number of rotatable bonds is 4. The van der Waals surface area contributed by atoms with E-state index in [-0.39, 0.29) is 6.04 Å². The minimum absolute atomic E-state index is 0.0503. The second-order valence-electron chi connectivity index (χ2n) is 3.94. The van der Waals surface area contributed by atoms with Crippen LogP contribution in [0.3, 0.4) is 0 Å². The van der Waals surface area contributed by atoms with Gasteiger partial charge >= 0.3 is 0 Å². The molecule has 1 heterocycles. The first-order valence-corrected chi connectivity index (χ1v) is 6.67. The zero-order valence-corrected chi connectivity index (χ0v) is 12.2. The summed E-state index contributed by atoms with van der Waals surface area (Å²) in [7, 11) is 0. The summed E-state index contributed by atoms with van der Waals surface area (Å²) < 4.78 is 6.30. The lowest BCUT2D eigenvalue weighted by Crippen LogP contribution is -2.15. The van der Waals surface area contributed by atoms with Crippen molar-refractivity contribution in [1.29, 1.82) is 0 Å². The van der Waals surface area contributed by atoms with Crippen LogP contribution in [-0.2, 0) is 0 Å². The molecule has 3 N–H and O–H groups in total. The van der Waals surface area contributed by atoms with E-state index in [0.29, 0.717) is 4.99 Å². The van der Waals surface area contributed by atoms with E-state index in [4.69, 9.17) is 22.4 Å². The van der Waals surface area contributed by atoms with Crippen LogP contribution >= 0.6 is 28.1 Å². The number of halogens is 1. The Bertz CT molecular complexity index is 554. The van der Waals surface area contributed by atoms with Gasteiger partial charge in [-0.05, 0) is 37.3 Å². The Balaban J connectivity index is 2.26. The Morgan fingerprint density at radius 2 is 2.22 bits per heavy atom. The molecule has 18 heavy (non-hydrogen) atoms. The highest BCUT2D eigenvalue weighted by Crippen LogP contribution is 2.25. The zero-order valence-electron chi connectivity index (χ0n) is 9.81. The largest absolute Gasteiger partial charge is 0.467 e. The van der Waals surface area contributed by atoms with Crippen LogP contribution in [0, 0.1) is 0 Å². The Kier molecular flexibility index (Phi) is 4.04. The van der Waals surface area contributed by atoms with Crippen molar-refractivity contribution in [1.82, 2.24) is 0 Å². The minimum Gasteiger partial charge on any atom is -0.467 e. The topological polar surface area (TPSA) is 51.2 Å². The number of furan rings is 1. The third-order valence-electron chi connectivity index (χ3n) is 2.59. The number of hydrogen-bond acceptors (Lipinski definition) is 3. The smallest absolute Gasteiger partial charge is 0.125 e. The van der Waals surface area contributed by atoms with Crippen molar-refractivity contribution >= 4 is 38.8 Å². The van der Waals surface area contributed by atoms with E-state index in [1.54, 1.807) is 6.26 Å². The Morgan fingerprint density at radius 3 is 2.83 bits per heavy atom. The lowest BCUT2D eigenvalue weighted by atomic mass is 10.1. The highest BCUT2D eigenvalue weighted by molar-refractivity contribution is 9.10. The van der Waals surface area contributed by atoms with Gasteiger partial charge < -0.3 is 15.5 Å². The molecule has 0 bridgehead atoms. The zero-order chi connectivity index (χ0) is 13.1. The second-order valence-corrected chi connectivity index (χ2v) is 5.29. The van der Waals surface area contributed by atoms with E-state index in [9.17, 15) is 0 Å². The van der Waals surface area contributed by atoms with Crippen LogP contribution < -0.4 is 11.1 Å². The van der Waals surface area contributed by atoms with Crippen molar-refractivity contribution < 1.29 is 4.42 Å². The third kappa shape index (κ3) is 2.91. The fourth-order valence-electron chi connectivity index (χ4n) is 1.69. The van der Waals surface area contributed by atoms with Gasteiger partial charge in [-0.15, -0.1) is 0 Å². The maximum Gasteiger partial charge on any atom is 0.125 e. The molecule has 1 aromatic heterocycles. The van der Waals surface area contributed by atoms with Gasteiger partial charge in [0, 0.05) is 15.7 Å². The van der Waals surface area contributed by atoms with Crippen LogP contribution in [0.25, 0.3) is 0 Å². The van der Waals surface area contributed by atoms with E-state index in [1.165, 1.54) is 0 Å². The van der Waals surface area contributed by atoms with Crippen molar-refractivity contribution in [2.45, 2.75) is 13.0 Å². The van der Waals surface area contributed by atoms with Gasteiger partial charge in [-0.25, -0.2) is 0 Å². The molecule has 2 rings (SSSR count). The molecule has 1 atom stereocenters. The summed E-state index contributed by atoms with van der Waals surface area (Å²) in [5, 5.41) is 3.34. The summed E-state index contributed by atoms with van der Waals surface area (Å²) in [6, 6.07) is 9.63. The molecule has 0 spiro atoms. The molecule has 3 nitrogen and oxygen atoms in total. The summed E-state index contributed by atoms with van der Waals surface area (Å²) >= 11 is 8.46. The van der Waals surface area contributed by atoms with Crippen LogP contribution in [0.4, 0.5) is 5.69 Å². The number of nitrogens with one attached hydrogen (secondary N) is 1. The highest BCUT2D eigenvalue weighted by atomic mass is 79.9. The predicted molar refractivity (Wildman–Crippen MR) is 80.8 cm³/mol. The van der Waals surface area contributed by atoms with Gasteiger partial charge in [-0.2, -0.15) is 0 Å². The van der Waals surface area contributed by atoms with Crippen LogP contribution in [0.1, 0.15) is 24.3 Å². The molecule has 0 radical (unpaired) electrons. The summed E-state index contributed by atoms with van der Waals surface area (Å²) in [5.41, 5.74) is 7.44. The first kappa shape index (κ1) is 13.1. The lowest BCUT2D eigenvalue weighted by molar-refractivity contribution is 0.490.